The Kier molecular flexibility index (Phi) is 8.08. The van der Waals surface area contributed by atoms with Crippen LogP contribution < -0.4 is 10.1 Å². The van der Waals surface area contributed by atoms with Crippen LogP contribution in [-0.2, 0) is 16.1 Å². The molecule has 0 heterocycles. The minimum Gasteiger partial charge on any atom is -0.484 e. The van der Waals surface area contributed by atoms with Crippen molar-refractivity contribution in [1.82, 2.24) is 10.2 Å². The summed E-state index contributed by atoms with van der Waals surface area (Å²) in [5, 5.41) is 3.34. The van der Waals surface area contributed by atoms with Crippen molar-refractivity contribution in [2.45, 2.75) is 25.9 Å². The predicted octanol–water partition coefficient (Wildman–Crippen LogP) is 4.06. The molecule has 0 aliphatic heterocycles. The van der Waals surface area contributed by atoms with Gasteiger partial charge in [-0.05, 0) is 48.4 Å². The Hall–Kier alpha value is -2.31. The van der Waals surface area contributed by atoms with Gasteiger partial charge in [0.2, 0.25) is 5.91 Å². The van der Waals surface area contributed by atoms with E-state index in [9.17, 15) is 14.0 Å². The third-order valence-electron chi connectivity index (χ3n) is 4.15. The Morgan fingerprint density at radius 3 is 2.39 bits per heavy atom. The highest BCUT2D eigenvalue weighted by atomic mass is 35.5. The van der Waals surface area contributed by atoms with Crippen LogP contribution in [0.1, 0.15) is 18.9 Å². The van der Waals surface area contributed by atoms with Crippen molar-refractivity contribution >= 4 is 35.0 Å². The lowest BCUT2D eigenvalue weighted by Crippen LogP contribution is -2.49. The number of nitrogens with zero attached hydrogens (tertiary/aromatic N) is 1. The highest BCUT2D eigenvalue weighted by molar-refractivity contribution is 6.42. The summed E-state index contributed by atoms with van der Waals surface area (Å²) < 4.78 is 18.5. The smallest absolute Gasteiger partial charge is 0.261 e. The number of amides is 2. The lowest BCUT2D eigenvalue weighted by molar-refractivity contribution is -0.142. The predicted molar refractivity (Wildman–Crippen MR) is 107 cm³/mol. The summed E-state index contributed by atoms with van der Waals surface area (Å²) in [5.41, 5.74) is 0.729. The first-order chi connectivity index (χ1) is 13.3. The normalized spacial score (nSPS) is 11.6. The summed E-state index contributed by atoms with van der Waals surface area (Å²) in [4.78, 5) is 26.6. The summed E-state index contributed by atoms with van der Waals surface area (Å²) in [6.07, 6.45) is 0.420. The van der Waals surface area contributed by atoms with Gasteiger partial charge in [-0.1, -0.05) is 36.2 Å². The van der Waals surface area contributed by atoms with Crippen molar-refractivity contribution in [1.29, 1.82) is 0 Å². The lowest BCUT2D eigenvalue weighted by atomic mass is 10.1. The topological polar surface area (TPSA) is 58.6 Å². The largest absolute Gasteiger partial charge is 0.484 e. The summed E-state index contributed by atoms with van der Waals surface area (Å²) in [6.45, 7) is 1.69. The number of benzene rings is 2. The number of carbonyl (C=O) groups is 2. The van der Waals surface area contributed by atoms with Crippen molar-refractivity contribution in [3.05, 3.63) is 63.9 Å². The molecule has 1 unspecified atom stereocenters. The first-order valence-corrected chi connectivity index (χ1v) is 9.44. The molecular weight excluding hydrogens is 406 g/mol. The van der Waals surface area contributed by atoms with Crippen LogP contribution in [0, 0.1) is 5.82 Å². The maximum atomic E-state index is 13.0. The van der Waals surface area contributed by atoms with Gasteiger partial charge in [0.1, 0.15) is 17.6 Å². The van der Waals surface area contributed by atoms with E-state index in [-0.39, 0.29) is 25.0 Å². The number of halogens is 3. The van der Waals surface area contributed by atoms with Crippen LogP contribution in [0.2, 0.25) is 10.0 Å². The molecule has 0 bridgehead atoms. The lowest BCUT2D eigenvalue weighted by Gasteiger charge is -2.30. The molecule has 5 nitrogen and oxygen atoms in total. The third-order valence-corrected chi connectivity index (χ3v) is 4.88. The van der Waals surface area contributed by atoms with E-state index < -0.39 is 11.9 Å². The van der Waals surface area contributed by atoms with Gasteiger partial charge in [0.15, 0.2) is 6.61 Å². The van der Waals surface area contributed by atoms with Gasteiger partial charge in [-0.15, -0.1) is 0 Å². The average molecular weight is 427 g/mol. The van der Waals surface area contributed by atoms with E-state index in [1.165, 1.54) is 36.2 Å². The van der Waals surface area contributed by atoms with Crippen LogP contribution in [0.3, 0.4) is 0 Å². The Labute approximate surface area is 173 Å². The maximum Gasteiger partial charge on any atom is 0.261 e. The molecule has 0 spiro atoms. The van der Waals surface area contributed by atoms with E-state index in [1.54, 1.807) is 18.2 Å². The molecule has 2 amide bonds. The van der Waals surface area contributed by atoms with Crippen molar-refractivity contribution in [2.75, 3.05) is 13.7 Å². The second-order valence-electron chi connectivity index (χ2n) is 6.05. The fraction of sp³-hybridized carbons (Fsp3) is 0.300. The molecule has 2 rings (SSSR count). The summed E-state index contributed by atoms with van der Waals surface area (Å²) in [7, 11) is 1.52. The van der Waals surface area contributed by atoms with Crippen LogP contribution in [0.5, 0.6) is 5.75 Å². The van der Waals surface area contributed by atoms with Crippen LogP contribution in [0.15, 0.2) is 42.5 Å². The van der Waals surface area contributed by atoms with E-state index in [0.29, 0.717) is 22.2 Å². The molecule has 0 saturated heterocycles. The summed E-state index contributed by atoms with van der Waals surface area (Å²) in [6, 6.07) is 9.71. The van der Waals surface area contributed by atoms with E-state index in [0.717, 1.165) is 5.56 Å². The van der Waals surface area contributed by atoms with Gasteiger partial charge < -0.3 is 15.0 Å². The molecule has 2 aromatic rings. The number of carbonyl (C=O) groups excluding carboxylic acids is 2. The second-order valence-corrected chi connectivity index (χ2v) is 6.87. The van der Waals surface area contributed by atoms with Crippen LogP contribution >= 0.6 is 23.2 Å². The first kappa shape index (κ1) is 22.0. The molecule has 0 aliphatic carbocycles. The quantitative estimate of drug-likeness (QED) is 0.691. The minimum absolute atomic E-state index is 0.161. The van der Waals surface area contributed by atoms with Gasteiger partial charge in [0.25, 0.3) is 5.91 Å². The van der Waals surface area contributed by atoms with Gasteiger partial charge in [-0.3, -0.25) is 9.59 Å². The number of rotatable bonds is 8. The van der Waals surface area contributed by atoms with E-state index in [1.807, 2.05) is 6.92 Å². The molecule has 1 N–H and O–H groups in total. The monoisotopic (exact) mass is 426 g/mol. The molecule has 28 heavy (non-hydrogen) atoms. The summed E-state index contributed by atoms with van der Waals surface area (Å²) in [5.74, 6) is -0.702. The van der Waals surface area contributed by atoms with E-state index in [2.05, 4.69) is 5.32 Å². The zero-order chi connectivity index (χ0) is 20.7. The van der Waals surface area contributed by atoms with Gasteiger partial charge in [-0.25, -0.2) is 4.39 Å². The van der Waals surface area contributed by atoms with Gasteiger partial charge >= 0.3 is 0 Å². The number of likely N-dealkylation sites (N-methyl/N-ethyl adjacent to an activating group) is 1. The Balaban J connectivity index is 2.20. The number of ether oxygens (including phenoxy) is 1. The maximum absolute atomic E-state index is 13.0. The molecule has 0 aliphatic rings. The van der Waals surface area contributed by atoms with Gasteiger partial charge in [0, 0.05) is 13.6 Å². The number of nitrogens with one attached hydrogen (secondary N) is 1. The van der Waals surface area contributed by atoms with Crippen molar-refractivity contribution in [2.24, 2.45) is 0 Å². The van der Waals surface area contributed by atoms with Crippen molar-refractivity contribution < 1.29 is 18.7 Å². The first-order valence-electron chi connectivity index (χ1n) is 8.69. The number of hydrogen-bond acceptors (Lipinski definition) is 3. The van der Waals surface area contributed by atoms with Crippen molar-refractivity contribution in [3.63, 3.8) is 0 Å². The minimum atomic E-state index is -0.677. The Bertz CT molecular complexity index is 831. The van der Waals surface area contributed by atoms with E-state index >= 15 is 0 Å². The molecule has 0 aromatic heterocycles. The van der Waals surface area contributed by atoms with Gasteiger partial charge in [0.05, 0.1) is 10.0 Å². The molecule has 2 aromatic carbocycles. The fourth-order valence-corrected chi connectivity index (χ4v) is 3.00. The standard InChI is InChI=1S/C20H21Cl2FN2O3/c1-3-18(20(27)24-2)25(11-13-4-9-16(21)17(22)10-13)19(26)12-28-15-7-5-14(23)6-8-15/h4-10,18H,3,11-12H2,1-2H3,(H,24,27). The molecule has 1 atom stereocenters. The van der Waals surface area contributed by atoms with E-state index in [4.69, 9.17) is 27.9 Å². The second kappa shape index (κ2) is 10.3. The molecular formula is C20H21Cl2FN2O3. The zero-order valence-corrected chi connectivity index (χ0v) is 17.1. The molecule has 0 fully saturated rings. The highest BCUT2D eigenvalue weighted by Gasteiger charge is 2.28. The van der Waals surface area contributed by atoms with Crippen LogP contribution in [0.25, 0.3) is 0 Å². The van der Waals surface area contributed by atoms with Crippen LogP contribution in [0.4, 0.5) is 4.39 Å². The highest BCUT2D eigenvalue weighted by Crippen LogP contribution is 2.24. The molecule has 0 saturated carbocycles. The zero-order valence-electron chi connectivity index (χ0n) is 15.5. The fourth-order valence-electron chi connectivity index (χ4n) is 2.68. The SMILES string of the molecule is CCC(C(=O)NC)N(Cc1ccc(Cl)c(Cl)c1)C(=O)COc1ccc(F)cc1. The summed E-state index contributed by atoms with van der Waals surface area (Å²) >= 11 is 12.0. The molecule has 8 heteroatoms. The van der Waals surface area contributed by atoms with Gasteiger partial charge in [-0.2, -0.15) is 0 Å². The third kappa shape index (κ3) is 5.84. The Morgan fingerprint density at radius 1 is 1.14 bits per heavy atom. The van der Waals surface area contributed by atoms with Crippen LogP contribution in [-0.4, -0.2) is 36.4 Å². The Morgan fingerprint density at radius 2 is 1.82 bits per heavy atom. The van der Waals surface area contributed by atoms with Crippen molar-refractivity contribution in [3.8, 4) is 5.75 Å². The average Bonchev–Trinajstić information content (AvgIpc) is 2.69. The molecule has 0 radical (unpaired) electrons. The molecule has 150 valence electrons. The number of hydrogen-bond donors (Lipinski definition) is 1.